The van der Waals surface area contributed by atoms with Crippen molar-refractivity contribution in [3.63, 3.8) is 0 Å². The molecule has 0 aromatic carbocycles. The van der Waals surface area contributed by atoms with Crippen molar-refractivity contribution in [2.75, 3.05) is 19.4 Å². The Bertz CT molecular complexity index is 579. The van der Waals surface area contributed by atoms with Gasteiger partial charge < -0.3 is 5.32 Å². The summed E-state index contributed by atoms with van der Waals surface area (Å²) in [6, 6.07) is 3.75. The van der Waals surface area contributed by atoms with Crippen LogP contribution in [-0.4, -0.2) is 37.8 Å². The van der Waals surface area contributed by atoms with Crippen LogP contribution in [0.15, 0.2) is 23.2 Å². The van der Waals surface area contributed by atoms with E-state index in [0.717, 1.165) is 12.2 Å². The molecule has 5 nitrogen and oxygen atoms in total. The number of pyridine rings is 1. The fourth-order valence-electron chi connectivity index (χ4n) is 2.77. The van der Waals surface area contributed by atoms with Crippen LogP contribution >= 0.6 is 0 Å². The standard InChI is InChI=1S/C15H25N3O2S/c1-15(2)10-6-5-7-13(15)17-14-9-8-12(11-16-14)21(19,20)18(3)4/h8-9,11,13H,5-7,10H2,1-4H3,(H,16,17). The molecule has 0 amide bonds. The van der Waals surface area contributed by atoms with Crippen molar-refractivity contribution in [3.8, 4) is 0 Å². The Morgan fingerprint density at radius 1 is 1.29 bits per heavy atom. The summed E-state index contributed by atoms with van der Waals surface area (Å²) in [7, 11) is -0.367. The predicted octanol–water partition coefficient (Wildman–Crippen LogP) is 2.71. The van der Waals surface area contributed by atoms with Crippen LogP contribution in [0.5, 0.6) is 0 Å². The van der Waals surface area contributed by atoms with Gasteiger partial charge in [0.1, 0.15) is 10.7 Å². The van der Waals surface area contributed by atoms with Crippen molar-refractivity contribution in [1.82, 2.24) is 9.29 Å². The van der Waals surface area contributed by atoms with E-state index in [4.69, 9.17) is 0 Å². The molecule has 1 saturated carbocycles. The summed E-state index contributed by atoms with van der Waals surface area (Å²) in [6.07, 6.45) is 6.27. The third-order valence-corrected chi connectivity index (χ3v) is 6.14. The zero-order valence-electron chi connectivity index (χ0n) is 13.3. The summed E-state index contributed by atoms with van der Waals surface area (Å²) in [5, 5.41) is 3.46. The quantitative estimate of drug-likeness (QED) is 0.928. The highest BCUT2D eigenvalue weighted by Gasteiger charge is 2.32. The second-order valence-corrected chi connectivity index (χ2v) is 8.75. The van der Waals surface area contributed by atoms with E-state index in [9.17, 15) is 8.42 Å². The van der Waals surface area contributed by atoms with Crippen LogP contribution in [0.2, 0.25) is 0 Å². The van der Waals surface area contributed by atoms with Gasteiger partial charge in [0, 0.05) is 26.3 Å². The van der Waals surface area contributed by atoms with Gasteiger partial charge in [-0.1, -0.05) is 26.7 Å². The van der Waals surface area contributed by atoms with E-state index < -0.39 is 10.0 Å². The molecule has 1 N–H and O–H groups in total. The summed E-state index contributed by atoms with van der Waals surface area (Å²) in [6.45, 7) is 4.55. The Morgan fingerprint density at radius 2 is 2.00 bits per heavy atom. The van der Waals surface area contributed by atoms with Crippen LogP contribution in [0.25, 0.3) is 0 Å². The molecule has 1 aromatic heterocycles. The minimum Gasteiger partial charge on any atom is -0.367 e. The van der Waals surface area contributed by atoms with Gasteiger partial charge in [0.15, 0.2) is 0 Å². The molecule has 1 heterocycles. The first-order valence-corrected chi connectivity index (χ1v) is 8.82. The smallest absolute Gasteiger partial charge is 0.244 e. The molecule has 1 aliphatic carbocycles. The normalized spacial score (nSPS) is 22.2. The summed E-state index contributed by atoms with van der Waals surface area (Å²) in [4.78, 5) is 4.49. The number of sulfonamides is 1. The van der Waals surface area contributed by atoms with Crippen molar-refractivity contribution < 1.29 is 8.42 Å². The molecule has 0 saturated heterocycles. The molecule has 1 aromatic rings. The fraction of sp³-hybridized carbons (Fsp3) is 0.667. The monoisotopic (exact) mass is 311 g/mol. The molecular formula is C15H25N3O2S. The molecule has 0 spiro atoms. The van der Waals surface area contributed by atoms with Gasteiger partial charge in [-0.05, 0) is 30.4 Å². The fourth-order valence-corrected chi connectivity index (χ4v) is 3.62. The molecule has 118 valence electrons. The zero-order valence-corrected chi connectivity index (χ0v) is 14.1. The minimum absolute atomic E-state index is 0.223. The van der Waals surface area contributed by atoms with Crippen LogP contribution in [0.1, 0.15) is 39.5 Å². The summed E-state index contributed by atoms with van der Waals surface area (Å²) in [5.41, 5.74) is 0.244. The average Bonchev–Trinajstić information content (AvgIpc) is 2.41. The first-order chi connectivity index (χ1) is 9.73. The highest BCUT2D eigenvalue weighted by Crippen LogP contribution is 2.37. The Morgan fingerprint density at radius 3 is 2.52 bits per heavy atom. The molecule has 0 aliphatic heterocycles. The van der Waals surface area contributed by atoms with Crippen LogP contribution in [0.3, 0.4) is 0 Å². The van der Waals surface area contributed by atoms with Crippen molar-refractivity contribution >= 4 is 15.8 Å². The van der Waals surface area contributed by atoms with E-state index in [1.807, 2.05) is 0 Å². The van der Waals surface area contributed by atoms with Gasteiger partial charge in [0.05, 0.1) is 0 Å². The van der Waals surface area contributed by atoms with Gasteiger partial charge in [0.25, 0.3) is 0 Å². The molecule has 6 heteroatoms. The van der Waals surface area contributed by atoms with Gasteiger partial charge in [0.2, 0.25) is 10.0 Å². The average molecular weight is 311 g/mol. The maximum Gasteiger partial charge on any atom is 0.244 e. The van der Waals surface area contributed by atoms with Crippen LogP contribution < -0.4 is 5.32 Å². The first-order valence-electron chi connectivity index (χ1n) is 7.38. The van der Waals surface area contributed by atoms with Crippen LogP contribution in [0, 0.1) is 5.41 Å². The minimum atomic E-state index is -3.41. The maximum absolute atomic E-state index is 12.0. The highest BCUT2D eigenvalue weighted by atomic mass is 32.2. The summed E-state index contributed by atoms with van der Waals surface area (Å²) < 4.78 is 25.2. The van der Waals surface area contributed by atoms with Crippen LogP contribution in [0.4, 0.5) is 5.82 Å². The largest absolute Gasteiger partial charge is 0.367 e. The second-order valence-electron chi connectivity index (χ2n) is 6.60. The van der Waals surface area contributed by atoms with Gasteiger partial charge in [-0.2, -0.15) is 0 Å². The second kappa shape index (κ2) is 5.93. The number of rotatable bonds is 4. The van der Waals surface area contributed by atoms with Crippen LogP contribution in [-0.2, 0) is 10.0 Å². The van der Waals surface area contributed by atoms with Gasteiger partial charge in [-0.25, -0.2) is 17.7 Å². The number of nitrogens with zero attached hydrogens (tertiary/aromatic N) is 2. The lowest BCUT2D eigenvalue weighted by Crippen LogP contribution is -2.39. The van der Waals surface area contributed by atoms with E-state index >= 15 is 0 Å². The predicted molar refractivity (Wildman–Crippen MR) is 84.8 cm³/mol. The number of nitrogens with one attached hydrogen (secondary N) is 1. The molecule has 0 bridgehead atoms. The van der Waals surface area contributed by atoms with E-state index in [-0.39, 0.29) is 10.3 Å². The molecule has 1 atom stereocenters. The number of anilines is 1. The van der Waals surface area contributed by atoms with Crippen molar-refractivity contribution in [2.24, 2.45) is 5.41 Å². The Labute approximate surface area is 127 Å². The van der Waals surface area contributed by atoms with E-state index in [0.29, 0.717) is 6.04 Å². The summed E-state index contributed by atoms with van der Waals surface area (Å²) in [5.74, 6) is 0.743. The molecule has 2 rings (SSSR count). The lowest BCUT2D eigenvalue weighted by Gasteiger charge is -2.39. The highest BCUT2D eigenvalue weighted by molar-refractivity contribution is 7.89. The van der Waals surface area contributed by atoms with Gasteiger partial charge in [-0.3, -0.25) is 0 Å². The zero-order chi connectivity index (χ0) is 15.7. The number of hydrogen-bond donors (Lipinski definition) is 1. The summed E-state index contributed by atoms with van der Waals surface area (Å²) >= 11 is 0. The topological polar surface area (TPSA) is 62.3 Å². The molecular weight excluding hydrogens is 286 g/mol. The Kier molecular flexibility index (Phi) is 4.58. The molecule has 0 radical (unpaired) electrons. The number of hydrogen-bond acceptors (Lipinski definition) is 4. The maximum atomic E-state index is 12.0. The van der Waals surface area contributed by atoms with Gasteiger partial charge >= 0.3 is 0 Å². The third kappa shape index (κ3) is 3.55. The van der Waals surface area contributed by atoms with Crippen molar-refractivity contribution in [1.29, 1.82) is 0 Å². The third-order valence-electron chi connectivity index (χ3n) is 4.34. The molecule has 1 aliphatic rings. The van der Waals surface area contributed by atoms with E-state index in [1.54, 1.807) is 12.1 Å². The van der Waals surface area contributed by atoms with Crippen molar-refractivity contribution in [3.05, 3.63) is 18.3 Å². The lowest BCUT2D eigenvalue weighted by atomic mass is 9.73. The van der Waals surface area contributed by atoms with Crippen molar-refractivity contribution in [2.45, 2.75) is 50.5 Å². The Balaban J connectivity index is 2.13. The lowest BCUT2D eigenvalue weighted by molar-refractivity contribution is 0.216. The van der Waals surface area contributed by atoms with Gasteiger partial charge in [-0.15, -0.1) is 0 Å². The van der Waals surface area contributed by atoms with E-state index in [1.165, 1.54) is 43.9 Å². The molecule has 1 fully saturated rings. The molecule has 21 heavy (non-hydrogen) atoms. The first kappa shape index (κ1) is 16.2. The Hall–Kier alpha value is -1.14. The SMILES string of the molecule is CN(C)S(=O)(=O)c1ccc(NC2CCCCC2(C)C)nc1. The molecule has 1 unspecified atom stereocenters. The number of aromatic nitrogens is 1. The van der Waals surface area contributed by atoms with E-state index in [2.05, 4.69) is 24.1 Å².